The maximum atomic E-state index is 11.6. The molecule has 6 heteroatoms. The average molecular weight is 290 g/mol. The van der Waals surface area contributed by atoms with E-state index in [-0.39, 0.29) is 18.3 Å². The number of unbranched alkanes of at least 4 members (excludes halogenated alkanes) is 3. The van der Waals surface area contributed by atoms with Crippen LogP contribution in [0.1, 0.15) is 49.1 Å². The number of aryl methyl sites for hydroxylation is 2. The molecule has 0 atom stereocenters. The number of hydrogen-bond donors (Lipinski definition) is 2. The highest BCUT2D eigenvalue weighted by Crippen LogP contribution is 2.11. The van der Waals surface area contributed by atoms with E-state index in [9.17, 15) is 4.79 Å². The third kappa shape index (κ3) is 6.59. The predicted molar refractivity (Wildman–Crippen MR) is 77.2 cm³/mol. The highest BCUT2D eigenvalue weighted by molar-refractivity contribution is 5.85. The van der Waals surface area contributed by atoms with Gasteiger partial charge >= 0.3 is 0 Å². The van der Waals surface area contributed by atoms with Crippen molar-refractivity contribution in [1.29, 1.82) is 0 Å². The molecule has 5 nitrogen and oxygen atoms in total. The number of nitrogens with zero attached hydrogens (tertiary/aromatic N) is 1. The van der Waals surface area contributed by atoms with Gasteiger partial charge in [-0.3, -0.25) is 4.79 Å². The van der Waals surface area contributed by atoms with Crippen LogP contribution >= 0.6 is 12.4 Å². The van der Waals surface area contributed by atoms with Crippen LogP contribution in [0.5, 0.6) is 0 Å². The Morgan fingerprint density at radius 3 is 2.53 bits per heavy atom. The highest BCUT2D eigenvalue weighted by atomic mass is 35.5. The summed E-state index contributed by atoms with van der Waals surface area (Å²) >= 11 is 0. The summed E-state index contributed by atoms with van der Waals surface area (Å²) < 4.78 is 5.04. The lowest BCUT2D eigenvalue weighted by Crippen LogP contribution is -2.22. The number of aromatic nitrogens is 1. The molecule has 19 heavy (non-hydrogen) atoms. The van der Waals surface area contributed by atoms with Gasteiger partial charge in [-0.15, -0.1) is 12.4 Å². The number of carbonyl (C=O) groups is 1. The van der Waals surface area contributed by atoms with E-state index in [1.807, 2.05) is 13.8 Å². The van der Waals surface area contributed by atoms with E-state index in [0.717, 1.165) is 49.2 Å². The number of nitrogens with one attached hydrogen (secondary N) is 1. The van der Waals surface area contributed by atoms with E-state index in [0.29, 0.717) is 13.0 Å². The first kappa shape index (κ1) is 17.9. The van der Waals surface area contributed by atoms with Crippen molar-refractivity contribution in [3.05, 3.63) is 17.0 Å². The summed E-state index contributed by atoms with van der Waals surface area (Å²) in [4.78, 5) is 11.6. The summed E-state index contributed by atoms with van der Waals surface area (Å²) in [7, 11) is 0. The standard InChI is InChI=1S/C13H23N3O2.ClH/c1-10-12(11(2)18-16-10)9-15-13(17)7-5-3-4-6-8-14;/h3-9,14H2,1-2H3,(H,15,17);1H. The largest absolute Gasteiger partial charge is 0.361 e. The second-order valence-corrected chi connectivity index (χ2v) is 4.53. The zero-order valence-electron chi connectivity index (χ0n) is 11.7. The molecular weight excluding hydrogens is 266 g/mol. The van der Waals surface area contributed by atoms with Crippen LogP contribution in [-0.4, -0.2) is 17.6 Å². The van der Waals surface area contributed by atoms with Gasteiger partial charge in [0.1, 0.15) is 5.76 Å². The SMILES string of the molecule is Cc1noc(C)c1CNC(=O)CCCCCCN.Cl. The molecule has 0 radical (unpaired) electrons. The molecule has 1 amide bonds. The summed E-state index contributed by atoms with van der Waals surface area (Å²) in [5.74, 6) is 0.860. The molecule has 0 saturated carbocycles. The Bertz CT molecular complexity index is 360. The van der Waals surface area contributed by atoms with Crippen LogP contribution in [0.25, 0.3) is 0 Å². The lowest BCUT2D eigenvalue weighted by molar-refractivity contribution is -0.121. The average Bonchev–Trinajstić information content (AvgIpc) is 2.66. The summed E-state index contributed by atoms with van der Waals surface area (Å²) in [6, 6.07) is 0. The number of hydrogen-bond acceptors (Lipinski definition) is 4. The molecule has 1 aromatic heterocycles. The Hall–Kier alpha value is -1.07. The predicted octanol–water partition coefficient (Wildman–Crippen LogP) is 2.24. The van der Waals surface area contributed by atoms with Crippen LogP contribution in [0.3, 0.4) is 0 Å². The van der Waals surface area contributed by atoms with Crippen LogP contribution in [0.4, 0.5) is 0 Å². The Morgan fingerprint density at radius 2 is 1.95 bits per heavy atom. The molecule has 0 aliphatic carbocycles. The van der Waals surface area contributed by atoms with Crippen molar-refractivity contribution >= 4 is 18.3 Å². The van der Waals surface area contributed by atoms with Crippen molar-refractivity contribution in [2.45, 2.75) is 52.5 Å². The molecule has 0 fully saturated rings. The summed E-state index contributed by atoms with van der Waals surface area (Å²) in [6.07, 6.45) is 4.71. The van der Waals surface area contributed by atoms with Crippen LogP contribution < -0.4 is 11.1 Å². The maximum absolute atomic E-state index is 11.6. The van der Waals surface area contributed by atoms with Gasteiger partial charge in [0, 0.05) is 18.5 Å². The van der Waals surface area contributed by atoms with Crippen molar-refractivity contribution in [2.24, 2.45) is 5.73 Å². The minimum atomic E-state index is 0. The molecule has 0 aliphatic rings. The van der Waals surface area contributed by atoms with Crippen LogP contribution in [0.2, 0.25) is 0 Å². The third-order valence-corrected chi connectivity index (χ3v) is 3.00. The van der Waals surface area contributed by atoms with Gasteiger partial charge in [-0.2, -0.15) is 0 Å². The Balaban J connectivity index is 0.00000324. The molecule has 0 aliphatic heterocycles. The van der Waals surface area contributed by atoms with E-state index in [1.54, 1.807) is 0 Å². The molecule has 1 rings (SSSR count). The van der Waals surface area contributed by atoms with Crippen LogP contribution in [-0.2, 0) is 11.3 Å². The van der Waals surface area contributed by atoms with Crippen molar-refractivity contribution in [3.63, 3.8) is 0 Å². The highest BCUT2D eigenvalue weighted by Gasteiger charge is 2.09. The van der Waals surface area contributed by atoms with Gasteiger partial charge in [0.2, 0.25) is 5.91 Å². The van der Waals surface area contributed by atoms with Gasteiger partial charge in [0.25, 0.3) is 0 Å². The Morgan fingerprint density at radius 1 is 1.26 bits per heavy atom. The third-order valence-electron chi connectivity index (χ3n) is 3.00. The fourth-order valence-corrected chi connectivity index (χ4v) is 1.81. The molecule has 0 spiro atoms. The Kier molecular flexibility index (Phi) is 9.26. The maximum Gasteiger partial charge on any atom is 0.220 e. The zero-order valence-corrected chi connectivity index (χ0v) is 12.5. The van der Waals surface area contributed by atoms with Gasteiger partial charge in [0.05, 0.1) is 5.69 Å². The summed E-state index contributed by atoms with van der Waals surface area (Å²) in [5, 5.41) is 6.75. The summed E-state index contributed by atoms with van der Waals surface area (Å²) in [6.45, 7) is 4.97. The molecule has 0 unspecified atom stereocenters. The van der Waals surface area contributed by atoms with E-state index in [1.165, 1.54) is 0 Å². The molecule has 1 aromatic rings. The van der Waals surface area contributed by atoms with Crippen molar-refractivity contribution in [2.75, 3.05) is 6.54 Å². The Labute approximate surface area is 120 Å². The first-order valence-corrected chi connectivity index (χ1v) is 6.53. The number of nitrogens with two attached hydrogens (primary N) is 1. The van der Waals surface area contributed by atoms with Crippen molar-refractivity contribution < 1.29 is 9.32 Å². The van der Waals surface area contributed by atoms with Crippen molar-refractivity contribution in [1.82, 2.24) is 10.5 Å². The number of halogens is 1. The lowest BCUT2D eigenvalue weighted by Gasteiger charge is -2.04. The van der Waals surface area contributed by atoms with E-state index >= 15 is 0 Å². The molecule has 0 bridgehead atoms. The van der Waals surface area contributed by atoms with Crippen molar-refractivity contribution in [3.8, 4) is 0 Å². The second-order valence-electron chi connectivity index (χ2n) is 4.53. The van der Waals surface area contributed by atoms with E-state index in [2.05, 4.69) is 10.5 Å². The quantitative estimate of drug-likeness (QED) is 0.719. The molecule has 0 aromatic carbocycles. The van der Waals surface area contributed by atoms with E-state index < -0.39 is 0 Å². The minimum absolute atomic E-state index is 0. The topological polar surface area (TPSA) is 81.2 Å². The normalized spacial score (nSPS) is 10.1. The van der Waals surface area contributed by atoms with E-state index in [4.69, 9.17) is 10.3 Å². The van der Waals surface area contributed by atoms with Gasteiger partial charge in [0.15, 0.2) is 0 Å². The van der Waals surface area contributed by atoms with Gasteiger partial charge in [-0.25, -0.2) is 0 Å². The van der Waals surface area contributed by atoms with Crippen LogP contribution in [0.15, 0.2) is 4.52 Å². The lowest BCUT2D eigenvalue weighted by atomic mass is 10.1. The number of carbonyl (C=O) groups excluding carboxylic acids is 1. The van der Waals surface area contributed by atoms with Gasteiger partial charge < -0.3 is 15.6 Å². The molecule has 1 heterocycles. The zero-order chi connectivity index (χ0) is 13.4. The fraction of sp³-hybridized carbons (Fsp3) is 0.692. The number of amides is 1. The smallest absolute Gasteiger partial charge is 0.220 e. The molecular formula is C13H24ClN3O2. The first-order valence-electron chi connectivity index (χ1n) is 6.53. The van der Waals surface area contributed by atoms with Gasteiger partial charge in [-0.05, 0) is 33.2 Å². The minimum Gasteiger partial charge on any atom is -0.361 e. The van der Waals surface area contributed by atoms with Gasteiger partial charge in [-0.1, -0.05) is 18.0 Å². The second kappa shape index (κ2) is 9.81. The first-order chi connectivity index (χ1) is 8.65. The molecule has 3 N–H and O–H groups in total. The monoisotopic (exact) mass is 289 g/mol. The van der Waals surface area contributed by atoms with Crippen LogP contribution in [0, 0.1) is 13.8 Å². The molecule has 0 saturated heterocycles. The number of rotatable bonds is 8. The molecule has 110 valence electrons. The summed E-state index contributed by atoms with van der Waals surface area (Å²) in [5.41, 5.74) is 7.23. The fourth-order valence-electron chi connectivity index (χ4n) is 1.81.